The van der Waals surface area contributed by atoms with Crippen molar-refractivity contribution in [2.75, 3.05) is 45.2 Å². The Morgan fingerprint density at radius 2 is 2.03 bits per heavy atom. The van der Waals surface area contributed by atoms with E-state index in [4.69, 9.17) is 10.1 Å². The zero-order chi connectivity index (χ0) is 21.5. The fourth-order valence-corrected chi connectivity index (χ4v) is 3.29. The number of carbonyl (C=O) groups excluding carboxylic acids is 1. The first-order valence-electron chi connectivity index (χ1n) is 10.3. The van der Waals surface area contributed by atoms with Gasteiger partial charge in [-0.2, -0.15) is 0 Å². The predicted octanol–water partition coefficient (Wildman–Crippen LogP) is 2.16. The summed E-state index contributed by atoms with van der Waals surface area (Å²) in [4.78, 5) is 19.3. The molecule has 3 N–H and O–H groups in total. The molecule has 0 aromatic carbocycles. The average Bonchev–Trinajstić information content (AvgIpc) is 3.07. The second-order valence-electron chi connectivity index (χ2n) is 7.35. The van der Waals surface area contributed by atoms with E-state index in [1.165, 1.54) is 6.08 Å². The molecule has 1 aliphatic carbocycles. The minimum atomic E-state index is -0.0634. The van der Waals surface area contributed by atoms with Crippen LogP contribution in [0.25, 0.3) is 5.52 Å². The molecule has 0 aliphatic heterocycles. The van der Waals surface area contributed by atoms with Crippen LogP contribution in [0.3, 0.4) is 0 Å². The van der Waals surface area contributed by atoms with Gasteiger partial charge in [-0.15, -0.1) is 5.10 Å². The molecule has 0 spiro atoms. The van der Waals surface area contributed by atoms with Crippen molar-refractivity contribution in [2.45, 2.75) is 20.3 Å². The lowest BCUT2D eigenvalue weighted by Crippen LogP contribution is -2.26. The highest BCUT2D eigenvalue weighted by atomic mass is 16.3. The summed E-state index contributed by atoms with van der Waals surface area (Å²) in [6, 6.07) is 5.84. The molecular weight excluding hydrogens is 380 g/mol. The Labute approximate surface area is 177 Å². The number of hydrogen-bond donors (Lipinski definition) is 3. The van der Waals surface area contributed by atoms with Gasteiger partial charge in [0.25, 0.3) is 0 Å². The van der Waals surface area contributed by atoms with Crippen LogP contribution in [0, 0.1) is 0 Å². The molecule has 3 rings (SSSR count). The summed E-state index contributed by atoms with van der Waals surface area (Å²) in [6.07, 6.45) is 6.30. The number of aliphatic imine (C=N–C) groups is 1. The predicted molar refractivity (Wildman–Crippen MR) is 121 cm³/mol. The van der Waals surface area contributed by atoms with Crippen molar-refractivity contribution in [3.8, 4) is 0 Å². The van der Waals surface area contributed by atoms with Crippen molar-refractivity contribution < 1.29 is 9.90 Å². The van der Waals surface area contributed by atoms with Crippen molar-refractivity contribution in [1.82, 2.24) is 19.8 Å². The minimum absolute atomic E-state index is 0.0314. The molecule has 1 aliphatic rings. The number of aliphatic hydroxyl groups is 1. The highest BCUT2D eigenvalue weighted by Crippen LogP contribution is 2.31. The second kappa shape index (κ2) is 10.2. The minimum Gasteiger partial charge on any atom is -0.395 e. The molecule has 30 heavy (non-hydrogen) atoms. The van der Waals surface area contributed by atoms with Gasteiger partial charge >= 0.3 is 0 Å². The number of ketones is 1. The monoisotopic (exact) mass is 410 g/mol. The van der Waals surface area contributed by atoms with Crippen LogP contribution in [-0.4, -0.2) is 70.9 Å². The van der Waals surface area contributed by atoms with Crippen molar-refractivity contribution in [3.05, 3.63) is 47.8 Å². The summed E-state index contributed by atoms with van der Waals surface area (Å²) in [7, 11) is 2.10. The first-order chi connectivity index (χ1) is 14.5. The summed E-state index contributed by atoms with van der Waals surface area (Å²) in [5.74, 6) is 0.634. The molecule has 160 valence electrons. The summed E-state index contributed by atoms with van der Waals surface area (Å²) in [5.41, 5.74) is 3.46. The van der Waals surface area contributed by atoms with Crippen LogP contribution < -0.4 is 10.6 Å². The average molecular weight is 411 g/mol. The molecule has 0 saturated carbocycles. The highest BCUT2D eigenvalue weighted by molar-refractivity contribution is 6.22. The van der Waals surface area contributed by atoms with Crippen LogP contribution in [0.15, 0.2) is 52.8 Å². The van der Waals surface area contributed by atoms with Crippen LogP contribution in [0.4, 0.5) is 11.5 Å². The molecule has 0 unspecified atom stereocenters. The lowest BCUT2D eigenvalue weighted by atomic mass is 10.0. The van der Waals surface area contributed by atoms with E-state index in [0.717, 1.165) is 37.3 Å². The molecule has 0 bridgehead atoms. The van der Waals surface area contributed by atoms with Gasteiger partial charge in [0.05, 0.1) is 23.5 Å². The van der Waals surface area contributed by atoms with Crippen LogP contribution >= 0.6 is 0 Å². The molecule has 0 radical (unpaired) electrons. The SMILES string of the molecule is CCCN(C)CCNc1nn2ccccc2c1/N=C1\C=C(C)C(=O)C=C1NCCO. The van der Waals surface area contributed by atoms with E-state index in [2.05, 4.69) is 34.6 Å². The topological polar surface area (TPSA) is 94.3 Å². The molecule has 0 amide bonds. The van der Waals surface area contributed by atoms with Crippen molar-refractivity contribution in [3.63, 3.8) is 0 Å². The number of aromatic nitrogens is 2. The number of anilines is 1. The van der Waals surface area contributed by atoms with Gasteiger partial charge in [0.1, 0.15) is 5.69 Å². The van der Waals surface area contributed by atoms with Gasteiger partial charge in [-0.3, -0.25) is 4.79 Å². The van der Waals surface area contributed by atoms with Gasteiger partial charge in [0.2, 0.25) is 0 Å². The Kier molecular flexibility index (Phi) is 7.37. The Morgan fingerprint density at radius 1 is 1.20 bits per heavy atom. The molecule has 8 heteroatoms. The fraction of sp³-hybridized carbons (Fsp3) is 0.409. The third-order valence-electron chi connectivity index (χ3n) is 4.86. The van der Waals surface area contributed by atoms with Gasteiger partial charge in [0, 0.05) is 31.9 Å². The van der Waals surface area contributed by atoms with E-state index in [1.54, 1.807) is 17.5 Å². The summed E-state index contributed by atoms with van der Waals surface area (Å²) in [6.45, 7) is 6.94. The zero-order valence-electron chi connectivity index (χ0n) is 17.9. The van der Waals surface area contributed by atoms with Gasteiger partial charge < -0.3 is 20.6 Å². The molecule has 8 nitrogen and oxygen atoms in total. The van der Waals surface area contributed by atoms with Gasteiger partial charge in [-0.05, 0) is 50.7 Å². The summed E-state index contributed by atoms with van der Waals surface area (Å²) >= 11 is 0. The summed E-state index contributed by atoms with van der Waals surface area (Å²) in [5, 5.41) is 20.3. The number of pyridine rings is 1. The van der Waals surface area contributed by atoms with E-state index in [-0.39, 0.29) is 12.4 Å². The standard InChI is InChI=1S/C22H30N6O2/c1-4-10-27(3)12-8-24-22-21(19-7-5-6-11-28(19)26-22)25-18-14-16(2)20(30)15-17(18)23-9-13-29/h5-7,11,14-15,23,29H,4,8-10,12-13H2,1-3H3,(H,24,26)/b25-18+. The Balaban J connectivity index is 1.95. The first kappa shape index (κ1) is 21.7. The number of likely N-dealkylation sites (N-methyl/N-ethyl adjacent to an activating group) is 1. The summed E-state index contributed by atoms with van der Waals surface area (Å²) < 4.78 is 1.80. The van der Waals surface area contributed by atoms with E-state index >= 15 is 0 Å². The van der Waals surface area contributed by atoms with Gasteiger partial charge in [0.15, 0.2) is 11.6 Å². The number of fused-ring (bicyclic) bond motifs is 1. The van der Waals surface area contributed by atoms with E-state index < -0.39 is 0 Å². The highest BCUT2D eigenvalue weighted by Gasteiger charge is 2.19. The van der Waals surface area contributed by atoms with Gasteiger partial charge in [-0.25, -0.2) is 9.51 Å². The Morgan fingerprint density at radius 3 is 2.80 bits per heavy atom. The molecular formula is C22H30N6O2. The fourth-order valence-electron chi connectivity index (χ4n) is 3.29. The number of nitrogens with zero attached hydrogens (tertiary/aromatic N) is 4. The third-order valence-corrected chi connectivity index (χ3v) is 4.86. The lowest BCUT2D eigenvalue weighted by Gasteiger charge is -2.16. The van der Waals surface area contributed by atoms with E-state index in [0.29, 0.717) is 29.3 Å². The maximum absolute atomic E-state index is 12.1. The van der Waals surface area contributed by atoms with Crippen molar-refractivity contribution >= 4 is 28.5 Å². The smallest absolute Gasteiger partial charge is 0.183 e. The zero-order valence-corrected chi connectivity index (χ0v) is 17.9. The van der Waals surface area contributed by atoms with E-state index in [1.807, 2.05) is 24.4 Å². The Hall–Kier alpha value is -2.97. The maximum Gasteiger partial charge on any atom is 0.183 e. The quantitative estimate of drug-likeness (QED) is 0.520. The number of allylic oxidation sites excluding steroid dienone is 3. The molecule has 2 aromatic rings. The molecule has 0 fully saturated rings. The molecule has 0 saturated heterocycles. The van der Waals surface area contributed by atoms with Crippen LogP contribution in [0.5, 0.6) is 0 Å². The molecule has 2 aromatic heterocycles. The van der Waals surface area contributed by atoms with Gasteiger partial charge in [-0.1, -0.05) is 13.0 Å². The third kappa shape index (κ3) is 5.14. The number of aliphatic hydroxyl groups excluding tert-OH is 1. The lowest BCUT2D eigenvalue weighted by molar-refractivity contribution is -0.111. The van der Waals surface area contributed by atoms with Crippen molar-refractivity contribution in [2.24, 2.45) is 4.99 Å². The van der Waals surface area contributed by atoms with Crippen LogP contribution in [0.1, 0.15) is 20.3 Å². The number of nitrogens with one attached hydrogen (secondary N) is 2. The molecule has 2 heterocycles. The first-order valence-corrected chi connectivity index (χ1v) is 10.3. The van der Waals surface area contributed by atoms with E-state index in [9.17, 15) is 4.79 Å². The number of carbonyl (C=O) groups is 1. The number of rotatable bonds is 10. The molecule has 0 atom stereocenters. The second-order valence-corrected chi connectivity index (χ2v) is 7.35. The van der Waals surface area contributed by atoms with Crippen LogP contribution in [0.2, 0.25) is 0 Å². The largest absolute Gasteiger partial charge is 0.395 e. The normalized spacial score (nSPS) is 15.6. The van der Waals surface area contributed by atoms with Crippen LogP contribution in [-0.2, 0) is 4.79 Å². The maximum atomic E-state index is 12.1. The number of hydrogen-bond acceptors (Lipinski definition) is 7. The van der Waals surface area contributed by atoms with Crippen molar-refractivity contribution in [1.29, 1.82) is 0 Å². The Bertz CT molecular complexity index is 989.